The largest absolute Gasteiger partial charge is 0.611 e. The number of nitrogens with zero attached hydrogens (tertiary/aromatic N) is 2. The van der Waals surface area contributed by atoms with Crippen LogP contribution < -0.4 is 10.1 Å². The zero-order chi connectivity index (χ0) is 32.9. The SMILES string of the molecule is CCCCOCCOc1ccc(-c2ccc(C(F)(F)F)c(/C=C/C(=O)Nc3ccc([S+]([O-])Cc4cncn4CCC)cc3)c2)cc1. The van der Waals surface area contributed by atoms with Gasteiger partial charge in [-0.25, -0.2) is 4.98 Å². The third-order valence-electron chi connectivity index (χ3n) is 7.02. The zero-order valence-corrected chi connectivity index (χ0v) is 26.7. The molecule has 4 rings (SSSR count). The minimum absolute atomic E-state index is 0.141. The Kier molecular flexibility index (Phi) is 12.9. The summed E-state index contributed by atoms with van der Waals surface area (Å²) in [5.41, 5.74) is 1.56. The Balaban J connectivity index is 1.39. The molecule has 7 nitrogen and oxygen atoms in total. The van der Waals surface area contributed by atoms with Gasteiger partial charge in [-0.1, -0.05) is 38.5 Å². The maximum absolute atomic E-state index is 13.8. The first-order valence-corrected chi connectivity index (χ1v) is 16.5. The molecule has 0 saturated carbocycles. The lowest BCUT2D eigenvalue weighted by atomic mass is 9.98. The van der Waals surface area contributed by atoms with Crippen LogP contribution in [0.4, 0.5) is 18.9 Å². The van der Waals surface area contributed by atoms with Gasteiger partial charge in [-0.3, -0.25) is 4.79 Å². The average Bonchev–Trinajstić information content (AvgIpc) is 3.48. The van der Waals surface area contributed by atoms with E-state index in [-0.39, 0.29) is 5.56 Å². The minimum Gasteiger partial charge on any atom is -0.611 e. The molecule has 0 fully saturated rings. The number of ether oxygens (including phenoxy) is 2. The van der Waals surface area contributed by atoms with Gasteiger partial charge < -0.3 is 23.9 Å². The number of anilines is 1. The number of alkyl halides is 3. The maximum Gasteiger partial charge on any atom is 0.416 e. The van der Waals surface area contributed by atoms with Crippen LogP contribution in [0, 0.1) is 0 Å². The lowest BCUT2D eigenvalue weighted by Crippen LogP contribution is -2.11. The first kappa shape index (κ1) is 34.8. The second-order valence-corrected chi connectivity index (χ2v) is 12.0. The van der Waals surface area contributed by atoms with E-state index in [1.54, 1.807) is 61.1 Å². The third kappa shape index (κ3) is 10.2. The molecule has 0 radical (unpaired) electrons. The number of amides is 1. The Morgan fingerprint density at radius 2 is 1.72 bits per heavy atom. The van der Waals surface area contributed by atoms with Crippen LogP contribution in [0.5, 0.6) is 5.75 Å². The highest BCUT2D eigenvalue weighted by molar-refractivity contribution is 7.90. The van der Waals surface area contributed by atoms with Gasteiger partial charge in [0.05, 0.1) is 30.4 Å². The number of hydrogen-bond acceptors (Lipinski definition) is 5. The first-order chi connectivity index (χ1) is 22.2. The third-order valence-corrected chi connectivity index (χ3v) is 8.38. The van der Waals surface area contributed by atoms with Crippen LogP contribution >= 0.6 is 0 Å². The average molecular weight is 654 g/mol. The summed E-state index contributed by atoms with van der Waals surface area (Å²) in [7, 11) is 0. The molecule has 0 saturated heterocycles. The molecule has 46 heavy (non-hydrogen) atoms. The van der Waals surface area contributed by atoms with E-state index in [9.17, 15) is 22.5 Å². The molecular weight excluding hydrogens is 615 g/mol. The molecule has 0 bridgehead atoms. The molecule has 0 spiro atoms. The van der Waals surface area contributed by atoms with Crippen molar-refractivity contribution in [3.8, 4) is 16.9 Å². The van der Waals surface area contributed by atoms with Crippen LogP contribution in [-0.2, 0) is 39.2 Å². The number of nitrogens with one attached hydrogen (secondary N) is 1. The number of halogens is 3. The molecule has 244 valence electrons. The summed E-state index contributed by atoms with van der Waals surface area (Å²) in [6.07, 6.45) is 4.02. The lowest BCUT2D eigenvalue weighted by Gasteiger charge is -2.13. The van der Waals surface area contributed by atoms with Crippen molar-refractivity contribution in [2.75, 3.05) is 25.1 Å². The van der Waals surface area contributed by atoms with Crippen LogP contribution in [0.3, 0.4) is 0 Å². The Morgan fingerprint density at radius 1 is 0.978 bits per heavy atom. The highest BCUT2D eigenvalue weighted by Gasteiger charge is 2.32. The van der Waals surface area contributed by atoms with Crippen molar-refractivity contribution in [2.24, 2.45) is 0 Å². The quantitative estimate of drug-likeness (QED) is 0.0750. The summed E-state index contributed by atoms with van der Waals surface area (Å²) in [5.74, 6) is 0.336. The molecular formula is C35H38F3N3O4S. The fourth-order valence-corrected chi connectivity index (χ4v) is 5.73. The number of carbonyl (C=O) groups is 1. The van der Waals surface area contributed by atoms with Gasteiger partial charge in [0.2, 0.25) is 5.91 Å². The summed E-state index contributed by atoms with van der Waals surface area (Å²) in [4.78, 5) is 17.4. The molecule has 11 heteroatoms. The maximum atomic E-state index is 13.8. The van der Waals surface area contributed by atoms with Gasteiger partial charge in [0.15, 0.2) is 10.6 Å². The van der Waals surface area contributed by atoms with Crippen LogP contribution in [0.1, 0.15) is 49.9 Å². The monoisotopic (exact) mass is 653 g/mol. The van der Waals surface area contributed by atoms with Gasteiger partial charge in [-0.2, -0.15) is 13.2 Å². The van der Waals surface area contributed by atoms with Crippen molar-refractivity contribution in [1.82, 2.24) is 9.55 Å². The van der Waals surface area contributed by atoms with Gasteiger partial charge in [-0.05, 0) is 95.3 Å². The number of hydrogen-bond donors (Lipinski definition) is 1. The van der Waals surface area contributed by atoms with E-state index in [4.69, 9.17) is 9.47 Å². The van der Waals surface area contributed by atoms with E-state index < -0.39 is 28.8 Å². The number of rotatable bonds is 16. The molecule has 3 aromatic carbocycles. The Hall–Kier alpha value is -4.06. The van der Waals surface area contributed by atoms with Crippen molar-refractivity contribution in [1.29, 1.82) is 0 Å². The van der Waals surface area contributed by atoms with Gasteiger partial charge in [0.1, 0.15) is 12.4 Å². The zero-order valence-electron chi connectivity index (χ0n) is 25.9. The van der Waals surface area contributed by atoms with Crippen LogP contribution in [0.25, 0.3) is 17.2 Å². The molecule has 0 aliphatic rings. The van der Waals surface area contributed by atoms with Gasteiger partial charge in [0.25, 0.3) is 0 Å². The lowest BCUT2D eigenvalue weighted by molar-refractivity contribution is -0.137. The number of unbranched alkanes of at least 4 members (excludes halogenated alkanes) is 1. The van der Waals surface area contributed by atoms with Crippen LogP contribution in [-0.4, -0.2) is 39.8 Å². The summed E-state index contributed by atoms with van der Waals surface area (Å²) >= 11 is -1.32. The Morgan fingerprint density at radius 3 is 2.41 bits per heavy atom. The summed E-state index contributed by atoms with van der Waals surface area (Å²) in [6.45, 7) is 6.50. The molecule has 4 aromatic rings. The van der Waals surface area contributed by atoms with Crippen molar-refractivity contribution >= 4 is 28.8 Å². The van der Waals surface area contributed by atoms with E-state index in [1.165, 1.54) is 12.1 Å². The number of aromatic nitrogens is 2. The van der Waals surface area contributed by atoms with Crippen LogP contribution in [0.2, 0.25) is 0 Å². The number of benzene rings is 3. The molecule has 1 N–H and O–H groups in total. The normalized spacial score (nSPS) is 12.4. The minimum atomic E-state index is -4.61. The number of imidazole rings is 1. The molecule has 1 aromatic heterocycles. The topological polar surface area (TPSA) is 88.4 Å². The molecule has 1 unspecified atom stereocenters. The van der Waals surface area contributed by atoms with Gasteiger partial charge in [0, 0.05) is 24.9 Å². The number of aryl methyl sites for hydroxylation is 1. The van der Waals surface area contributed by atoms with E-state index in [0.717, 1.165) is 49.7 Å². The second kappa shape index (κ2) is 17.0. The molecule has 1 heterocycles. The predicted octanol–water partition coefficient (Wildman–Crippen LogP) is 8.13. The fourth-order valence-electron chi connectivity index (χ4n) is 4.62. The van der Waals surface area contributed by atoms with E-state index >= 15 is 0 Å². The Bertz CT molecular complexity index is 1570. The predicted molar refractivity (Wildman–Crippen MR) is 175 cm³/mol. The van der Waals surface area contributed by atoms with Gasteiger partial charge in [-0.15, -0.1) is 0 Å². The van der Waals surface area contributed by atoms with Crippen LogP contribution in [0.15, 0.2) is 90.2 Å². The molecule has 1 amide bonds. The smallest absolute Gasteiger partial charge is 0.416 e. The fraction of sp³-hybridized carbons (Fsp3) is 0.314. The molecule has 0 aliphatic heterocycles. The summed E-state index contributed by atoms with van der Waals surface area (Å²) in [5, 5.41) is 2.65. The van der Waals surface area contributed by atoms with Gasteiger partial charge >= 0.3 is 6.18 Å². The van der Waals surface area contributed by atoms with Crippen molar-refractivity contribution in [3.05, 3.63) is 102 Å². The van der Waals surface area contributed by atoms with E-state index in [2.05, 4.69) is 24.1 Å². The van der Waals surface area contributed by atoms with Crippen molar-refractivity contribution in [3.63, 3.8) is 0 Å². The van der Waals surface area contributed by atoms with Crippen molar-refractivity contribution in [2.45, 2.75) is 56.5 Å². The Labute approximate surface area is 270 Å². The standard InChI is InChI=1S/C35H38F3N3O4S/c1-3-5-19-44-20-21-45-31-12-6-26(7-13-31)27-8-16-33(35(36,37)38)28(22-27)9-17-34(42)40-29-10-14-32(15-11-29)46(43)24-30-23-39-25-41(30)18-4-2/h6-17,22-23,25H,3-5,18-21,24H2,1-2H3,(H,40,42)/b17-9+. The highest BCUT2D eigenvalue weighted by Crippen LogP contribution is 2.35. The first-order valence-electron chi connectivity index (χ1n) is 15.2. The highest BCUT2D eigenvalue weighted by atomic mass is 32.2. The molecule has 1 atom stereocenters. The van der Waals surface area contributed by atoms with E-state index in [1.807, 2.05) is 4.57 Å². The second-order valence-electron chi connectivity index (χ2n) is 10.6. The number of carbonyl (C=O) groups excluding carboxylic acids is 1. The molecule has 0 aliphatic carbocycles. The summed E-state index contributed by atoms with van der Waals surface area (Å²) < 4.78 is 67.5. The van der Waals surface area contributed by atoms with E-state index in [0.29, 0.717) is 53.0 Å². The summed E-state index contributed by atoms with van der Waals surface area (Å²) in [6, 6.07) is 17.4. The van der Waals surface area contributed by atoms with Crippen molar-refractivity contribution < 1.29 is 32.0 Å².